The topological polar surface area (TPSA) is 72.7 Å². The number of carbonyl (C=O) groups excluding carboxylic acids is 2. The number of unbranched alkanes of at least 4 members (excludes halogenated alkanes) is 1. The minimum Gasteiger partial charge on any atom is -0.462 e. The summed E-state index contributed by atoms with van der Waals surface area (Å²) in [7, 11) is 0. The fourth-order valence-corrected chi connectivity index (χ4v) is 3.17. The van der Waals surface area contributed by atoms with Crippen LogP contribution in [0.5, 0.6) is 0 Å². The maximum atomic E-state index is 12.4. The van der Waals surface area contributed by atoms with Crippen LogP contribution in [0.2, 0.25) is 0 Å². The van der Waals surface area contributed by atoms with Gasteiger partial charge in [0.25, 0.3) is 5.91 Å². The first-order chi connectivity index (χ1) is 12.1. The van der Waals surface area contributed by atoms with E-state index in [0.29, 0.717) is 23.6 Å². The highest BCUT2D eigenvalue weighted by Gasteiger charge is 2.14. The molecule has 25 heavy (non-hydrogen) atoms. The Hall–Kier alpha value is -2.67. The minimum absolute atomic E-state index is 0.313. The van der Waals surface area contributed by atoms with Gasteiger partial charge in [-0.25, -0.2) is 9.78 Å². The lowest BCUT2D eigenvalue weighted by atomic mass is 10.2. The Balaban J connectivity index is 1.70. The molecule has 0 radical (unpaired) electrons. The largest absolute Gasteiger partial charge is 0.462 e. The molecule has 3 aromatic rings. The number of amides is 1. The Bertz CT molecular complexity index is 913. The molecule has 7 heteroatoms. The number of fused-ring (bicyclic) bond motifs is 1. The van der Waals surface area contributed by atoms with Crippen molar-refractivity contribution >= 4 is 33.9 Å². The van der Waals surface area contributed by atoms with Gasteiger partial charge in [-0.15, -0.1) is 11.3 Å². The Labute approximate surface area is 149 Å². The van der Waals surface area contributed by atoms with Crippen LogP contribution in [0.3, 0.4) is 0 Å². The summed E-state index contributed by atoms with van der Waals surface area (Å²) in [6.45, 7) is 4.39. The summed E-state index contributed by atoms with van der Waals surface area (Å²) >= 11 is 1.48. The summed E-state index contributed by atoms with van der Waals surface area (Å²) in [5.74, 6) is -0.700. The Morgan fingerprint density at radius 1 is 1.36 bits per heavy atom. The lowest BCUT2D eigenvalue weighted by Gasteiger charge is -2.07. The summed E-state index contributed by atoms with van der Waals surface area (Å²) in [5.41, 5.74) is 2.31. The van der Waals surface area contributed by atoms with E-state index in [2.05, 4.69) is 10.3 Å². The van der Waals surface area contributed by atoms with E-state index in [-0.39, 0.29) is 11.9 Å². The third kappa shape index (κ3) is 3.88. The van der Waals surface area contributed by atoms with Crippen molar-refractivity contribution < 1.29 is 14.3 Å². The molecule has 6 nitrogen and oxygen atoms in total. The minimum atomic E-state index is -0.386. The van der Waals surface area contributed by atoms with Gasteiger partial charge in [-0.1, -0.05) is 19.4 Å². The lowest BCUT2D eigenvalue weighted by molar-refractivity contribution is 0.0499. The highest BCUT2D eigenvalue weighted by atomic mass is 32.1. The normalized spacial score (nSPS) is 10.8. The van der Waals surface area contributed by atoms with Crippen LogP contribution in [-0.2, 0) is 4.74 Å². The number of hydrogen-bond acceptors (Lipinski definition) is 5. The second kappa shape index (κ2) is 7.48. The molecule has 0 fully saturated rings. The van der Waals surface area contributed by atoms with Gasteiger partial charge in [0.1, 0.15) is 5.69 Å². The van der Waals surface area contributed by atoms with E-state index in [1.54, 1.807) is 30.5 Å². The molecule has 3 rings (SSSR count). The summed E-state index contributed by atoms with van der Waals surface area (Å²) in [5, 5.41) is 4.76. The van der Waals surface area contributed by atoms with Gasteiger partial charge >= 0.3 is 5.97 Å². The zero-order valence-electron chi connectivity index (χ0n) is 14.1. The number of aromatic nitrogens is 2. The van der Waals surface area contributed by atoms with Crippen molar-refractivity contribution in [2.24, 2.45) is 0 Å². The molecule has 0 saturated heterocycles. The molecule has 0 spiro atoms. The maximum Gasteiger partial charge on any atom is 0.338 e. The van der Waals surface area contributed by atoms with E-state index in [9.17, 15) is 9.59 Å². The molecule has 1 N–H and O–H groups in total. The van der Waals surface area contributed by atoms with Gasteiger partial charge in [0.2, 0.25) is 0 Å². The van der Waals surface area contributed by atoms with E-state index >= 15 is 0 Å². The average Bonchev–Trinajstić information content (AvgIpc) is 3.18. The standard InChI is InChI=1S/C18H19N3O3S/c1-3-4-8-24-17(23)13-6-5-7-14(9-13)19-16(22)15-10-21-12(2)11-25-18(21)20-15/h5-7,9-11H,3-4,8H2,1-2H3,(H,19,22). The van der Waals surface area contributed by atoms with Crippen molar-refractivity contribution in [1.82, 2.24) is 9.38 Å². The number of benzene rings is 1. The number of aryl methyl sites for hydroxylation is 1. The molecule has 130 valence electrons. The lowest BCUT2D eigenvalue weighted by Crippen LogP contribution is -2.13. The summed E-state index contributed by atoms with van der Waals surface area (Å²) in [6.07, 6.45) is 3.50. The molecule has 0 aliphatic heterocycles. The number of nitrogens with zero attached hydrogens (tertiary/aromatic N) is 2. The van der Waals surface area contributed by atoms with Crippen LogP contribution in [0.15, 0.2) is 35.8 Å². The first-order valence-corrected chi connectivity index (χ1v) is 8.98. The molecular formula is C18H19N3O3S. The van der Waals surface area contributed by atoms with Crippen LogP contribution in [0.25, 0.3) is 4.96 Å². The van der Waals surface area contributed by atoms with E-state index in [4.69, 9.17) is 4.74 Å². The number of carbonyl (C=O) groups is 2. The number of rotatable bonds is 6. The maximum absolute atomic E-state index is 12.4. The van der Waals surface area contributed by atoms with Gasteiger partial charge in [-0.05, 0) is 31.5 Å². The predicted molar refractivity (Wildman–Crippen MR) is 97.4 cm³/mol. The molecule has 0 aliphatic rings. The fourth-order valence-electron chi connectivity index (χ4n) is 2.31. The number of hydrogen-bond donors (Lipinski definition) is 1. The summed E-state index contributed by atoms with van der Waals surface area (Å²) < 4.78 is 7.07. The predicted octanol–water partition coefficient (Wildman–Crippen LogP) is 3.91. The number of ether oxygens (including phenoxy) is 1. The fraction of sp³-hybridized carbons (Fsp3) is 0.278. The number of imidazole rings is 1. The third-order valence-electron chi connectivity index (χ3n) is 3.71. The molecule has 0 aliphatic carbocycles. The highest BCUT2D eigenvalue weighted by Crippen LogP contribution is 2.17. The molecule has 0 bridgehead atoms. The second-order valence-electron chi connectivity index (χ2n) is 5.68. The van der Waals surface area contributed by atoms with Crippen molar-refractivity contribution in [1.29, 1.82) is 0 Å². The first kappa shape index (κ1) is 17.2. The second-order valence-corrected chi connectivity index (χ2v) is 6.52. The van der Waals surface area contributed by atoms with Crippen LogP contribution < -0.4 is 5.32 Å². The molecule has 2 heterocycles. The van der Waals surface area contributed by atoms with E-state index in [0.717, 1.165) is 23.5 Å². The molecule has 1 aromatic carbocycles. The first-order valence-electron chi connectivity index (χ1n) is 8.10. The van der Waals surface area contributed by atoms with Crippen LogP contribution in [0, 0.1) is 6.92 Å². The van der Waals surface area contributed by atoms with E-state index in [1.807, 2.05) is 23.6 Å². The van der Waals surface area contributed by atoms with Crippen molar-refractivity contribution in [3.05, 3.63) is 52.8 Å². The van der Waals surface area contributed by atoms with Crippen LogP contribution in [0.1, 0.15) is 46.3 Å². The van der Waals surface area contributed by atoms with Gasteiger partial charge in [0.05, 0.1) is 12.2 Å². The van der Waals surface area contributed by atoms with Crippen molar-refractivity contribution in [2.45, 2.75) is 26.7 Å². The Kier molecular flexibility index (Phi) is 5.14. The van der Waals surface area contributed by atoms with Crippen molar-refractivity contribution in [3.8, 4) is 0 Å². The summed E-state index contributed by atoms with van der Waals surface area (Å²) in [4.78, 5) is 29.5. The smallest absolute Gasteiger partial charge is 0.338 e. The van der Waals surface area contributed by atoms with Crippen molar-refractivity contribution in [3.63, 3.8) is 0 Å². The van der Waals surface area contributed by atoms with Crippen LogP contribution >= 0.6 is 11.3 Å². The summed E-state index contributed by atoms with van der Waals surface area (Å²) in [6, 6.07) is 6.71. The molecule has 0 unspecified atom stereocenters. The molecule has 2 aromatic heterocycles. The average molecular weight is 357 g/mol. The third-order valence-corrected chi connectivity index (χ3v) is 4.67. The van der Waals surface area contributed by atoms with Crippen LogP contribution in [-0.4, -0.2) is 27.9 Å². The van der Waals surface area contributed by atoms with Crippen LogP contribution in [0.4, 0.5) is 5.69 Å². The molecule has 1 amide bonds. The molecular weight excluding hydrogens is 338 g/mol. The highest BCUT2D eigenvalue weighted by molar-refractivity contribution is 7.15. The number of anilines is 1. The van der Waals surface area contributed by atoms with E-state index in [1.165, 1.54) is 11.3 Å². The molecule has 0 saturated carbocycles. The van der Waals surface area contributed by atoms with Gasteiger partial charge in [-0.3, -0.25) is 9.20 Å². The Morgan fingerprint density at radius 3 is 2.96 bits per heavy atom. The molecule has 0 atom stereocenters. The monoisotopic (exact) mass is 357 g/mol. The van der Waals surface area contributed by atoms with E-state index < -0.39 is 0 Å². The quantitative estimate of drug-likeness (QED) is 0.536. The number of nitrogens with one attached hydrogen (secondary N) is 1. The van der Waals surface area contributed by atoms with Crippen molar-refractivity contribution in [2.75, 3.05) is 11.9 Å². The number of esters is 1. The zero-order valence-corrected chi connectivity index (χ0v) is 14.9. The van der Waals surface area contributed by atoms with Gasteiger partial charge in [-0.2, -0.15) is 0 Å². The number of thiazole rings is 1. The zero-order chi connectivity index (χ0) is 17.8. The van der Waals surface area contributed by atoms with Gasteiger partial charge in [0, 0.05) is 23.0 Å². The van der Waals surface area contributed by atoms with Gasteiger partial charge in [0.15, 0.2) is 4.96 Å². The van der Waals surface area contributed by atoms with Gasteiger partial charge < -0.3 is 10.1 Å². The SMILES string of the molecule is CCCCOC(=O)c1cccc(NC(=O)c2cn3c(C)csc3n2)c1. The Morgan fingerprint density at radius 2 is 2.20 bits per heavy atom.